The molecule has 0 fully saturated rings. The highest BCUT2D eigenvalue weighted by atomic mass is 127. The van der Waals surface area contributed by atoms with E-state index in [2.05, 4.69) is 53.2 Å². The van der Waals surface area contributed by atoms with E-state index < -0.39 is 0 Å². The number of halogens is 1. The van der Waals surface area contributed by atoms with Gasteiger partial charge in [0.2, 0.25) is 0 Å². The van der Waals surface area contributed by atoms with Gasteiger partial charge in [0, 0.05) is 19.7 Å². The van der Waals surface area contributed by atoms with E-state index in [1.807, 2.05) is 0 Å². The molecule has 0 atom stereocenters. The Morgan fingerprint density at radius 2 is 2.14 bits per heavy atom. The van der Waals surface area contributed by atoms with Gasteiger partial charge in [0.25, 0.3) is 0 Å². The van der Waals surface area contributed by atoms with Crippen LogP contribution in [0.4, 0.5) is 0 Å². The van der Waals surface area contributed by atoms with Crippen molar-refractivity contribution in [3.63, 3.8) is 0 Å². The van der Waals surface area contributed by atoms with Crippen molar-refractivity contribution in [1.29, 1.82) is 0 Å². The third kappa shape index (κ3) is 11.0. The van der Waals surface area contributed by atoms with Crippen LogP contribution in [-0.4, -0.2) is 32.3 Å². The quantitative estimate of drug-likeness (QED) is 0.276. The summed E-state index contributed by atoms with van der Waals surface area (Å²) in [5.41, 5.74) is 1.25. The predicted molar refractivity (Wildman–Crippen MR) is 103 cm³/mol. The molecule has 0 amide bonds. The van der Waals surface area contributed by atoms with Crippen LogP contribution in [0.15, 0.2) is 21.8 Å². The van der Waals surface area contributed by atoms with Gasteiger partial charge in [-0.2, -0.15) is 11.3 Å². The van der Waals surface area contributed by atoms with E-state index in [4.69, 9.17) is 4.74 Å². The molecule has 0 aromatic carbocycles. The van der Waals surface area contributed by atoms with E-state index in [1.165, 1.54) is 5.56 Å². The second-order valence-corrected chi connectivity index (χ2v) is 5.83. The van der Waals surface area contributed by atoms with Gasteiger partial charge in [0.15, 0.2) is 5.96 Å². The van der Waals surface area contributed by atoms with Crippen LogP contribution in [0.25, 0.3) is 0 Å². The molecule has 21 heavy (non-hydrogen) atoms. The molecular formula is C15H28IN3OS. The molecule has 6 heteroatoms. The maximum absolute atomic E-state index is 5.58. The number of ether oxygens (including phenoxy) is 1. The van der Waals surface area contributed by atoms with Crippen LogP contribution in [0.1, 0.15) is 32.8 Å². The largest absolute Gasteiger partial charge is 0.380 e. The van der Waals surface area contributed by atoms with E-state index in [0.29, 0.717) is 12.5 Å². The summed E-state index contributed by atoms with van der Waals surface area (Å²) in [6.07, 6.45) is 1.12. The lowest BCUT2D eigenvalue weighted by Gasteiger charge is -2.11. The number of nitrogens with one attached hydrogen (secondary N) is 2. The predicted octanol–water partition coefficient (Wildman–Crippen LogP) is 3.48. The number of guanidine groups is 1. The first-order valence-corrected chi connectivity index (χ1v) is 8.27. The molecule has 0 spiro atoms. The summed E-state index contributed by atoms with van der Waals surface area (Å²) in [5, 5.41) is 10.7. The molecule has 0 radical (unpaired) electrons. The van der Waals surface area contributed by atoms with Gasteiger partial charge in [-0.25, -0.2) is 4.99 Å². The lowest BCUT2D eigenvalue weighted by molar-refractivity contribution is 0.128. The lowest BCUT2D eigenvalue weighted by Crippen LogP contribution is -2.39. The second kappa shape index (κ2) is 13.3. The zero-order chi connectivity index (χ0) is 14.6. The molecule has 0 unspecified atom stereocenters. The molecule has 0 bridgehead atoms. The smallest absolute Gasteiger partial charge is 0.191 e. The topological polar surface area (TPSA) is 45.7 Å². The van der Waals surface area contributed by atoms with Crippen molar-refractivity contribution in [3.8, 4) is 0 Å². The number of hydrogen-bond acceptors (Lipinski definition) is 3. The minimum atomic E-state index is 0. The Bertz CT molecular complexity index is 369. The second-order valence-electron chi connectivity index (χ2n) is 5.05. The van der Waals surface area contributed by atoms with Crippen LogP contribution < -0.4 is 10.6 Å². The lowest BCUT2D eigenvalue weighted by atomic mass is 10.1. The van der Waals surface area contributed by atoms with Crippen molar-refractivity contribution in [2.24, 2.45) is 10.9 Å². The van der Waals surface area contributed by atoms with Crippen molar-refractivity contribution in [2.45, 2.75) is 33.7 Å². The Kier molecular flexibility index (Phi) is 13.1. The van der Waals surface area contributed by atoms with Gasteiger partial charge in [0.05, 0.1) is 13.2 Å². The Labute approximate surface area is 149 Å². The summed E-state index contributed by atoms with van der Waals surface area (Å²) < 4.78 is 5.58. The molecule has 2 N–H and O–H groups in total. The molecule has 1 aromatic heterocycles. The zero-order valence-electron chi connectivity index (χ0n) is 13.2. The summed E-state index contributed by atoms with van der Waals surface area (Å²) in [4.78, 5) is 4.55. The fourth-order valence-corrected chi connectivity index (χ4v) is 2.22. The van der Waals surface area contributed by atoms with E-state index in [1.54, 1.807) is 11.3 Å². The highest BCUT2D eigenvalue weighted by molar-refractivity contribution is 14.0. The molecule has 1 rings (SSSR count). The molecular weight excluding hydrogens is 397 g/mol. The highest BCUT2D eigenvalue weighted by Gasteiger charge is 1.98. The summed E-state index contributed by atoms with van der Waals surface area (Å²) in [6, 6.07) is 2.10. The van der Waals surface area contributed by atoms with E-state index in [-0.39, 0.29) is 24.0 Å². The first-order chi connectivity index (χ1) is 9.72. The molecule has 0 saturated heterocycles. The third-order valence-corrected chi connectivity index (χ3v) is 3.45. The summed E-state index contributed by atoms with van der Waals surface area (Å²) in [6.45, 7) is 10.4. The normalized spacial score (nSPS) is 11.3. The van der Waals surface area contributed by atoms with Gasteiger partial charge in [-0.05, 0) is 41.7 Å². The standard InChI is InChI=1S/C15H27N3OS.HI/c1-4-16-15(18-11-14-6-10-20-12-14)17-7-9-19-8-5-13(2)3;/h6,10,12-13H,4-5,7-9,11H2,1-3H3,(H2,16,17,18);1H. The van der Waals surface area contributed by atoms with Crippen LogP contribution in [-0.2, 0) is 11.3 Å². The third-order valence-electron chi connectivity index (χ3n) is 2.72. The van der Waals surface area contributed by atoms with Gasteiger partial charge in [0.1, 0.15) is 0 Å². The molecule has 0 saturated carbocycles. The van der Waals surface area contributed by atoms with Crippen molar-refractivity contribution in [3.05, 3.63) is 22.4 Å². The number of hydrogen-bond donors (Lipinski definition) is 2. The zero-order valence-corrected chi connectivity index (χ0v) is 16.4. The maximum Gasteiger partial charge on any atom is 0.191 e. The van der Waals surface area contributed by atoms with Crippen LogP contribution in [0, 0.1) is 5.92 Å². The van der Waals surface area contributed by atoms with Gasteiger partial charge in [-0.3, -0.25) is 0 Å². The highest BCUT2D eigenvalue weighted by Crippen LogP contribution is 2.06. The minimum Gasteiger partial charge on any atom is -0.380 e. The number of nitrogens with zero attached hydrogens (tertiary/aromatic N) is 1. The average molecular weight is 425 g/mol. The monoisotopic (exact) mass is 425 g/mol. The molecule has 4 nitrogen and oxygen atoms in total. The fourth-order valence-electron chi connectivity index (χ4n) is 1.56. The molecule has 122 valence electrons. The fraction of sp³-hybridized carbons (Fsp3) is 0.667. The minimum absolute atomic E-state index is 0. The van der Waals surface area contributed by atoms with Gasteiger partial charge in [-0.15, -0.1) is 24.0 Å². The SMILES string of the molecule is CCNC(=NCc1ccsc1)NCCOCCC(C)C.I. The summed E-state index contributed by atoms with van der Waals surface area (Å²) in [7, 11) is 0. The van der Waals surface area contributed by atoms with Crippen LogP contribution >= 0.6 is 35.3 Å². The van der Waals surface area contributed by atoms with E-state index in [0.717, 1.165) is 38.7 Å². The molecule has 0 aliphatic rings. The van der Waals surface area contributed by atoms with Gasteiger partial charge < -0.3 is 15.4 Å². The van der Waals surface area contributed by atoms with Gasteiger partial charge in [-0.1, -0.05) is 13.8 Å². The number of aliphatic imine (C=N–C) groups is 1. The Morgan fingerprint density at radius 3 is 2.76 bits per heavy atom. The maximum atomic E-state index is 5.58. The van der Waals surface area contributed by atoms with Gasteiger partial charge >= 0.3 is 0 Å². The van der Waals surface area contributed by atoms with Crippen molar-refractivity contribution < 1.29 is 4.74 Å². The Balaban J connectivity index is 0.00000400. The molecule has 0 aliphatic carbocycles. The first-order valence-electron chi connectivity index (χ1n) is 7.33. The number of thiophene rings is 1. The van der Waals surface area contributed by atoms with Crippen molar-refractivity contribution >= 4 is 41.3 Å². The average Bonchev–Trinajstić information content (AvgIpc) is 2.92. The molecule has 1 aromatic rings. The van der Waals surface area contributed by atoms with Crippen LogP contribution in [0.5, 0.6) is 0 Å². The van der Waals surface area contributed by atoms with E-state index in [9.17, 15) is 0 Å². The molecule has 0 aliphatic heterocycles. The van der Waals surface area contributed by atoms with Crippen LogP contribution in [0.3, 0.4) is 0 Å². The Hall–Kier alpha value is -0.340. The van der Waals surface area contributed by atoms with Crippen molar-refractivity contribution in [1.82, 2.24) is 10.6 Å². The first kappa shape index (κ1) is 20.7. The van der Waals surface area contributed by atoms with Crippen molar-refractivity contribution in [2.75, 3.05) is 26.3 Å². The summed E-state index contributed by atoms with van der Waals surface area (Å²) in [5.74, 6) is 1.55. The Morgan fingerprint density at radius 1 is 1.33 bits per heavy atom. The van der Waals surface area contributed by atoms with Crippen LogP contribution in [0.2, 0.25) is 0 Å². The molecule has 1 heterocycles. The number of rotatable bonds is 9. The summed E-state index contributed by atoms with van der Waals surface area (Å²) >= 11 is 1.70. The van der Waals surface area contributed by atoms with E-state index >= 15 is 0 Å².